The monoisotopic (exact) mass is 279 g/mol. The number of amidine groups is 1. The summed E-state index contributed by atoms with van der Waals surface area (Å²) >= 11 is 0. The summed E-state index contributed by atoms with van der Waals surface area (Å²) in [5, 5.41) is 13.2. The molecule has 0 saturated heterocycles. The average molecular weight is 279 g/mol. The number of nitrogens with two attached hydrogens (primary N) is 1. The number of hydrogen-bond donors (Lipinski definition) is 3. The first-order valence-corrected chi connectivity index (χ1v) is 5.30. The van der Waals surface area contributed by atoms with E-state index in [1.807, 2.05) is 0 Å². The largest absolute Gasteiger partial charge is 0.409 e. The van der Waals surface area contributed by atoms with Crippen LogP contribution in [0.2, 0.25) is 0 Å². The van der Waals surface area contributed by atoms with Gasteiger partial charge < -0.3 is 16.3 Å². The van der Waals surface area contributed by atoms with Crippen molar-refractivity contribution in [2.45, 2.75) is 13.1 Å². The van der Waals surface area contributed by atoms with Gasteiger partial charge in [0.1, 0.15) is 11.7 Å². The van der Waals surface area contributed by atoms with Crippen LogP contribution in [0.15, 0.2) is 23.4 Å². The first kappa shape index (κ1) is 15.1. The van der Waals surface area contributed by atoms with Gasteiger partial charge in [-0.15, -0.1) is 0 Å². The lowest BCUT2D eigenvalue weighted by molar-refractivity contribution is -0.152. The fraction of sp³-hybridized carbons (Fsp3) is 0.364. The van der Waals surface area contributed by atoms with Gasteiger partial charge >= 0.3 is 6.18 Å². The van der Waals surface area contributed by atoms with Crippen LogP contribution >= 0.6 is 0 Å². The molecule has 1 aromatic carbocycles. The average Bonchev–Trinajstić information content (AvgIpc) is 2.29. The Kier molecular flexibility index (Phi) is 4.57. The molecule has 1 unspecified atom stereocenters. The van der Waals surface area contributed by atoms with Crippen LogP contribution in [0.25, 0.3) is 0 Å². The molecule has 0 heterocycles. The van der Waals surface area contributed by atoms with Gasteiger partial charge in [-0.05, 0) is 30.7 Å². The summed E-state index contributed by atoms with van der Waals surface area (Å²) in [7, 11) is 0. The van der Waals surface area contributed by atoms with Crippen molar-refractivity contribution in [2.75, 3.05) is 11.9 Å². The number of nitrogens with one attached hydrogen (secondary N) is 1. The third-order valence-electron chi connectivity index (χ3n) is 2.55. The van der Waals surface area contributed by atoms with E-state index in [1.165, 1.54) is 12.1 Å². The summed E-state index contributed by atoms with van der Waals surface area (Å²) in [6.07, 6.45) is -4.64. The second-order valence-electron chi connectivity index (χ2n) is 3.96. The van der Waals surface area contributed by atoms with Crippen LogP contribution in [0.4, 0.5) is 23.2 Å². The maximum atomic E-state index is 12.8. The number of anilines is 1. The number of nitrogens with zero attached hydrogens (tertiary/aromatic N) is 1. The zero-order chi connectivity index (χ0) is 14.6. The fourth-order valence-electron chi connectivity index (χ4n) is 1.50. The Hall–Kier alpha value is -1.99. The van der Waals surface area contributed by atoms with Gasteiger partial charge in [0.15, 0.2) is 5.84 Å². The van der Waals surface area contributed by atoms with Crippen molar-refractivity contribution >= 4 is 11.5 Å². The van der Waals surface area contributed by atoms with E-state index in [2.05, 4.69) is 10.5 Å². The van der Waals surface area contributed by atoms with Crippen molar-refractivity contribution in [3.63, 3.8) is 0 Å². The minimum absolute atomic E-state index is 0.349. The van der Waals surface area contributed by atoms with E-state index < -0.39 is 30.3 Å². The SMILES string of the molecule is Cc1cc(F)ccc1NCC(/C(N)=N/O)C(F)(F)F. The van der Waals surface area contributed by atoms with E-state index in [4.69, 9.17) is 10.9 Å². The second-order valence-corrected chi connectivity index (χ2v) is 3.96. The summed E-state index contributed by atoms with van der Waals surface area (Å²) in [5.74, 6) is -3.53. The maximum Gasteiger partial charge on any atom is 0.400 e. The summed E-state index contributed by atoms with van der Waals surface area (Å²) in [5.41, 5.74) is 5.82. The standard InChI is InChI=1S/C11H13F4N3O/c1-6-4-7(12)2-3-9(6)17-5-8(10(16)18-19)11(13,14)15/h2-4,8,17,19H,5H2,1H3,(H2,16,18). The molecule has 4 N–H and O–H groups in total. The van der Waals surface area contributed by atoms with Crippen molar-refractivity contribution < 1.29 is 22.8 Å². The summed E-state index contributed by atoms with van der Waals surface area (Å²) < 4.78 is 50.8. The molecule has 0 aliphatic heterocycles. The molecule has 0 fully saturated rings. The number of halogens is 4. The number of alkyl halides is 3. The molecule has 1 rings (SSSR count). The minimum Gasteiger partial charge on any atom is -0.409 e. The summed E-state index contributed by atoms with van der Waals surface area (Å²) in [6, 6.07) is 3.64. The highest BCUT2D eigenvalue weighted by Crippen LogP contribution is 2.27. The first-order chi connectivity index (χ1) is 8.75. The Morgan fingerprint density at radius 1 is 1.47 bits per heavy atom. The zero-order valence-corrected chi connectivity index (χ0v) is 10.0. The van der Waals surface area contributed by atoms with Crippen molar-refractivity contribution in [1.29, 1.82) is 0 Å². The lowest BCUT2D eigenvalue weighted by Crippen LogP contribution is -2.40. The molecule has 1 aromatic rings. The smallest absolute Gasteiger partial charge is 0.400 e. The number of benzene rings is 1. The zero-order valence-electron chi connectivity index (χ0n) is 10.0. The normalized spacial score (nSPS) is 14.3. The molecule has 0 bridgehead atoms. The Labute approximate surface area is 106 Å². The third kappa shape index (κ3) is 4.01. The highest BCUT2D eigenvalue weighted by atomic mass is 19.4. The summed E-state index contributed by atoms with van der Waals surface area (Å²) in [4.78, 5) is 0. The third-order valence-corrected chi connectivity index (χ3v) is 2.55. The molecule has 0 spiro atoms. The molecule has 0 saturated carbocycles. The second kappa shape index (κ2) is 5.77. The van der Waals surface area contributed by atoms with Crippen molar-refractivity contribution in [2.24, 2.45) is 16.8 Å². The number of aryl methyl sites for hydroxylation is 1. The van der Waals surface area contributed by atoms with Gasteiger partial charge in [0.2, 0.25) is 0 Å². The van der Waals surface area contributed by atoms with E-state index in [1.54, 1.807) is 6.92 Å². The highest BCUT2D eigenvalue weighted by Gasteiger charge is 2.42. The van der Waals surface area contributed by atoms with Crippen LogP contribution < -0.4 is 11.1 Å². The van der Waals surface area contributed by atoms with Gasteiger partial charge in [-0.25, -0.2) is 4.39 Å². The van der Waals surface area contributed by atoms with E-state index in [9.17, 15) is 17.6 Å². The first-order valence-electron chi connectivity index (χ1n) is 5.30. The molecule has 0 aliphatic carbocycles. The molecule has 0 radical (unpaired) electrons. The molecule has 0 aromatic heterocycles. The van der Waals surface area contributed by atoms with Crippen LogP contribution in [0.5, 0.6) is 0 Å². The molecule has 1 atom stereocenters. The van der Waals surface area contributed by atoms with Gasteiger partial charge in [0.05, 0.1) is 0 Å². The molecule has 4 nitrogen and oxygen atoms in total. The Morgan fingerprint density at radius 3 is 2.58 bits per heavy atom. The summed E-state index contributed by atoms with van der Waals surface area (Å²) in [6.45, 7) is 0.948. The number of oxime groups is 1. The number of rotatable bonds is 4. The Balaban J connectivity index is 2.82. The van der Waals surface area contributed by atoms with Crippen LogP contribution in [0.3, 0.4) is 0 Å². The van der Waals surface area contributed by atoms with Crippen LogP contribution in [-0.4, -0.2) is 23.8 Å². The molecule has 8 heteroatoms. The van der Waals surface area contributed by atoms with Crippen LogP contribution in [0.1, 0.15) is 5.56 Å². The topological polar surface area (TPSA) is 70.6 Å². The molecule has 0 aliphatic rings. The molecule has 106 valence electrons. The van der Waals surface area contributed by atoms with Crippen LogP contribution in [0, 0.1) is 18.7 Å². The maximum absolute atomic E-state index is 12.8. The molecular weight excluding hydrogens is 266 g/mol. The molecule has 19 heavy (non-hydrogen) atoms. The minimum atomic E-state index is -4.64. The fourth-order valence-corrected chi connectivity index (χ4v) is 1.50. The van der Waals surface area contributed by atoms with Gasteiger partial charge in [-0.3, -0.25) is 0 Å². The van der Waals surface area contributed by atoms with Gasteiger partial charge in [0.25, 0.3) is 0 Å². The van der Waals surface area contributed by atoms with E-state index in [0.29, 0.717) is 11.3 Å². The number of hydrogen-bond acceptors (Lipinski definition) is 3. The van der Waals surface area contributed by atoms with Crippen molar-refractivity contribution in [3.8, 4) is 0 Å². The van der Waals surface area contributed by atoms with Gasteiger partial charge in [-0.2, -0.15) is 13.2 Å². The Morgan fingerprint density at radius 2 is 2.11 bits per heavy atom. The van der Waals surface area contributed by atoms with E-state index in [0.717, 1.165) is 6.07 Å². The highest BCUT2D eigenvalue weighted by molar-refractivity contribution is 5.83. The van der Waals surface area contributed by atoms with E-state index in [-0.39, 0.29) is 0 Å². The van der Waals surface area contributed by atoms with Crippen molar-refractivity contribution in [3.05, 3.63) is 29.6 Å². The lowest BCUT2D eigenvalue weighted by atomic mass is 10.1. The predicted molar refractivity (Wildman–Crippen MR) is 62.6 cm³/mol. The van der Waals surface area contributed by atoms with E-state index >= 15 is 0 Å². The molecule has 0 amide bonds. The molecular formula is C11H13F4N3O. The Bertz CT molecular complexity index is 473. The van der Waals surface area contributed by atoms with Crippen LogP contribution in [-0.2, 0) is 0 Å². The van der Waals surface area contributed by atoms with Gasteiger partial charge in [0, 0.05) is 12.2 Å². The van der Waals surface area contributed by atoms with Crippen molar-refractivity contribution in [1.82, 2.24) is 0 Å². The predicted octanol–water partition coefficient (Wildman–Crippen LogP) is 2.47. The quantitative estimate of drug-likeness (QED) is 0.261. The lowest BCUT2D eigenvalue weighted by Gasteiger charge is -2.20. The van der Waals surface area contributed by atoms with Gasteiger partial charge in [-0.1, -0.05) is 5.16 Å².